The molecule has 0 radical (unpaired) electrons. The third-order valence-electron chi connectivity index (χ3n) is 6.65. The second-order valence-corrected chi connectivity index (χ2v) is 10.3. The largest absolute Gasteiger partial charge is 0.445 e. The SMILES string of the molecule is Cc1cccc(C(C)(C)C)c1NC(=O)OC[C@H]1OC(=O)N[C@@H]1CN1CCN(c2ccccc2)CC1. The molecule has 2 aromatic rings. The lowest BCUT2D eigenvalue weighted by Crippen LogP contribution is -2.52. The predicted octanol–water partition coefficient (Wildman–Crippen LogP) is 4.14. The number of cyclic esters (lactones) is 1. The second kappa shape index (κ2) is 10.6. The van der Waals surface area contributed by atoms with E-state index in [1.54, 1.807) is 0 Å². The average molecular weight is 481 g/mol. The van der Waals surface area contributed by atoms with Crippen molar-refractivity contribution in [3.8, 4) is 0 Å². The first kappa shape index (κ1) is 24.9. The number of anilines is 2. The maximum Gasteiger partial charge on any atom is 0.411 e. The fraction of sp³-hybridized carbons (Fsp3) is 0.481. The Morgan fingerprint density at radius 3 is 2.49 bits per heavy atom. The molecule has 8 heteroatoms. The Hall–Kier alpha value is -3.26. The number of nitrogens with zero attached hydrogens (tertiary/aromatic N) is 2. The van der Waals surface area contributed by atoms with E-state index in [2.05, 4.69) is 65.5 Å². The van der Waals surface area contributed by atoms with E-state index in [-0.39, 0.29) is 18.1 Å². The first-order valence-corrected chi connectivity index (χ1v) is 12.2. The van der Waals surface area contributed by atoms with Crippen molar-refractivity contribution >= 4 is 23.6 Å². The molecule has 0 aliphatic carbocycles. The van der Waals surface area contributed by atoms with Gasteiger partial charge in [-0.15, -0.1) is 0 Å². The van der Waals surface area contributed by atoms with Gasteiger partial charge < -0.3 is 19.7 Å². The van der Waals surface area contributed by atoms with Crippen molar-refractivity contribution in [3.05, 3.63) is 59.7 Å². The van der Waals surface area contributed by atoms with Crippen LogP contribution in [-0.2, 0) is 14.9 Å². The minimum Gasteiger partial charge on any atom is -0.445 e. The lowest BCUT2D eigenvalue weighted by Gasteiger charge is -2.37. The van der Waals surface area contributed by atoms with Gasteiger partial charge in [-0.2, -0.15) is 0 Å². The number of ether oxygens (including phenoxy) is 2. The van der Waals surface area contributed by atoms with Crippen LogP contribution in [0.25, 0.3) is 0 Å². The minimum absolute atomic E-state index is 0.00402. The lowest BCUT2D eigenvalue weighted by molar-refractivity contribution is 0.0618. The first-order chi connectivity index (χ1) is 16.7. The summed E-state index contributed by atoms with van der Waals surface area (Å²) in [7, 11) is 0. The molecular formula is C27H36N4O4. The summed E-state index contributed by atoms with van der Waals surface area (Å²) in [4.78, 5) is 29.3. The summed E-state index contributed by atoms with van der Waals surface area (Å²) < 4.78 is 10.9. The molecule has 2 N–H and O–H groups in total. The normalized spacial score (nSPS) is 20.8. The number of benzene rings is 2. The summed E-state index contributed by atoms with van der Waals surface area (Å²) in [5.41, 5.74) is 3.87. The zero-order chi connectivity index (χ0) is 25.0. The zero-order valence-electron chi connectivity index (χ0n) is 21.0. The van der Waals surface area contributed by atoms with Gasteiger partial charge in [-0.3, -0.25) is 10.2 Å². The summed E-state index contributed by atoms with van der Waals surface area (Å²) in [6, 6.07) is 16.1. The fourth-order valence-corrected chi connectivity index (χ4v) is 4.67. The monoisotopic (exact) mass is 480 g/mol. The minimum atomic E-state index is -0.553. The molecule has 0 bridgehead atoms. The molecule has 0 saturated carbocycles. The molecule has 2 aliphatic heterocycles. The number of hydrogen-bond donors (Lipinski definition) is 2. The van der Waals surface area contributed by atoms with Gasteiger partial charge in [0.05, 0.1) is 11.7 Å². The topological polar surface area (TPSA) is 83.1 Å². The summed E-state index contributed by atoms with van der Waals surface area (Å²) in [6.07, 6.45) is -1.55. The highest BCUT2D eigenvalue weighted by atomic mass is 16.6. The van der Waals surface area contributed by atoms with E-state index in [0.717, 1.165) is 43.0 Å². The molecule has 4 rings (SSSR count). The highest BCUT2D eigenvalue weighted by molar-refractivity contribution is 5.87. The third-order valence-corrected chi connectivity index (χ3v) is 6.65. The molecule has 2 fully saturated rings. The maximum atomic E-state index is 12.6. The van der Waals surface area contributed by atoms with Gasteiger partial charge in [0, 0.05) is 38.4 Å². The van der Waals surface area contributed by atoms with Gasteiger partial charge in [0.2, 0.25) is 0 Å². The fourth-order valence-electron chi connectivity index (χ4n) is 4.67. The summed E-state index contributed by atoms with van der Waals surface area (Å²) >= 11 is 0. The van der Waals surface area contributed by atoms with Crippen LogP contribution < -0.4 is 15.5 Å². The maximum absolute atomic E-state index is 12.6. The van der Waals surface area contributed by atoms with Gasteiger partial charge in [-0.25, -0.2) is 9.59 Å². The molecule has 8 nitrogen and oxygen atoms in total. The van der Waals surface area contributed by atoms with Crippen molar-refractivity contribution in [2.75, 3.05) is 49.5 Å². The molecular weight excluding hydrogens is 444 g/mol. The van der Waals surface area contributed by atoms with Crippen LogP contribution in [0.1, 0.15) is 31.9 Å². The molecule has 2 saturated heterocycles. The standard InChI is InChI=1S/C27H36N4O4/c1-19-9-8-12-21(27(2,3)4)24(19)29-25(32)34-18-23-22(28-26(33)35-23)17-30-13-15-31(16-14-30)20-10-6-5-7-11-20/h5-12,22-23H,13-18H2,1-4H3,(H,28,33)(H,29,32)/t22-,23-/m1/s1. The molecule has 2 heterocycles. The number of aryl methyl sites for hydroxylation is 1. The number of amides is 2. The summed E-state index contributed by atoms with van der Waals surface area (Å²) in [5.74, 6) is 0. The van der Waals surface area contributed by atoms with Crippen LogP contribution >= 0.6 is 0 Å². The van der Waals surface area contributed by atoms with Gasteiger partial charge >= 0.3 is 12.2 Å². The Kier molecular flexibility index (Phi) is 7.50. The smallest absolute Gasteiger partial charge is 0.411 e. The first-order valence-electron chi connectivity index (χ1n) is 12.2. The number of piperazine rings is 1. The van der Waals surface area contributed by atoms with E-state index >= 15 is 0 Å². The van der Waals surface area contributed by atoms with Crippen molar-refractivity contribution in [2.24, 2.45) is 0 Å². The van der Waals surface area contributed by atoms with Crippen molar-refractivity contribution in [3.63, 3.8) is 0 Å². The number of carbonyl (C=O) groups excluding carboxylic acids is 2. The van der Waals surface area contributed by atoms with Crippen LogP contribution in [0.2, 0.25) is 0 Å². The Morgan fingerprint density at radius 2 is 1.80 bits per heavy atom. The quantitative estimate of drug-likeness (QED) is 0.647. The molecule has 2 aliphatic rings. The van der Waals surface area contributed by atoms with Crippen LogP contribution in [0, 0.1) is 6.92 Å². The molecule has 188 valence electrons. The van der Waals surface area contributed by atoms with Crippen LogP contribution in [0.5, 0.6) is 0 Å². The van der Waals surface area contributed by atoms with E-state index in [1.807, 2.05) is 31.2 Å². The number of carbonyl (C=O) groups is 2. The number of hydrogen-bond acceptors (Lipinski definition) is 6. The van der Waals surface area contributed by atoms with Crippen LogP contribution in [0.4, 0.5) is 21.0 Å². The summed E-state index contributed by atoms with van der Waals surface area (Å²) in [5, 5.41) is 5.78. The van der Waals surface area contributed by atoms with Gasteiger partial charge in [-0.1, -0.05) is 57.2 Å². The van der Waals surface area contributed by atoms with E-state index in [1.165, 1.54) is 5.69 Å². The number of alkyl carbamates (subject to hydrolysis) is 1. The van der Waals surface area contributed by atoms with Crippen molar-refractivity contribution < 1.29 is 19.1 Å². The molecule has 0 aromatic heterocycles. The van der Waals surface area contributed by atoms with E-state index in [0.29, 0.717) is 6.54 Å². The molecule has 35 heavy (non-hydrogen) atoms. The Labute approximate surface area is 207 Å². The second-order valence-electron chi connectivity index (χ2n) is 10.3. The molecule has 2 amide bonds. The van der Waals surface area contributed by atoms with E-state index in [9.17, 15) is 9.59 Å². The Balaban J connectivity index is 1.29. The molecule has 2 atom stereocenters. The zero-order valence-corrected chi connectivity index (χ0v) is 21.0. The van der Waals surface area contributed by atoms with Gasteiger partial charge in [0.25, 0.3) is 0 Å². The molecule has 0 spiro atoms. The Bertz CT molecular complexity index is 1030. The lowest BCUT2D eigenvalue weighted by atomic mass is 9.84. The molecule has 0 unspecified atom stereocenters. The predicted molar refractivity (Wildman–Crippen MR) is 137 cm³/mol. The van der Waals surface area contributed by atoms with Crippen LogP contribution in [0.15, 0.2) is 48.5 Å². The average Bonchev–Trinajstić information content (AvgIpc) is 3.18. The van der Waals surface area contributed by atoms with Crippen molar-refractivity contribution in [1.82, 2.24) is 10.2 Å². The van der Waals surface area contributed by atoms with E-state index in [4.69, 9.17) is 9.47 Å². The number of nitrogens with one attached hydrogen (secondary N) is 2. The van der Waals surface area contributed by atoms with Crippen molar-refractivity contribution in [1.29, 1.82) is 0 Å². The van der Waals surface area contributed by atoms with Gasteiger partial charge in [0.1, 0.15) is 6.61 Å². The number of para-hydroxylation sites is 2. The van der Waals surface area contributed by atoms with E-state index < -0.39 is 18.3 Å². The number of rotatable bonds is 6. The highest BCUT2D eigenvalue weighted by Gasteiger charge is 2.37. The van der Waals surface area contributed by atoms with Crippen LogP contribution in [0.3, 0.4) is 0 Å². The highest BCUT2D eigenvalue weighted by Crippen LogP contribution is 2.32. The third kappa shape index (κ3) is 6.25. The Morgan fingerprint density at radius 1 is 1.09 bits per heavy atom. The van der Waals surface area contributed by atoms with Crippen molar-refractivity contribution in [2.45, 2.75) is 45.3 Å². The van der Waals surface area contributed by atoms with Gasteiger partial charge in [-0.05, 0) is 35.6 Å². The van der Waals surface area contributed by atoms with Gasteiger partial charge in [0.15, 0.2) is 6.10 Å². The van der Waals surface area contributed by atoms with Crippen LogP contribution in [-0.4, -0.2) is 68.6 Å². The summed E-state index contributed by atoms with van der Waals surface area (Å²) in [6.45, 7) is 12.5. The molecule has 2 aromatic carbocycles.